The third-order valence-corrected chi connectivity index (χ3v) is 4.71. The normalized spacial score (nSPS) is 11.8. The first-order chi connectivity index (χ1) is 13.5. The van der Waals surface area contributed by atoms with Gasteiger partial charge in [0, 0.05) is 19.3 Å². The molecule has 0 amide bonds. The lowest BCUT2D eigenvalue weighted by molar-refractivity contribution is 0.0697. The molecule has 0 aliphatic carbocycles. The molecule has 3 aromatic rings. The van der Waals surface area contributed by atoms with Crippen LogP contribution in [-0.4, -0.2) is 24.8 Å². The fraction of sp³-hybridized carbons (Fsp3) is 0.100. The van der Waals surface area contributed by atoms with Gasteiger partial charge in [-0.25, -0.2) is 9.00 Å². The second-order valence-corrected chi connectivity index (χ2v) is 6.85. The first kappa shape index (κ1) is 19.7. The second kappa shape index (κ2) is 9.23. The van der Waals surface area contributed by atoms with Gasteiger partial charge < -0.3 is 19.7 Å². The minimum atomic E-state index is -2.12. The monoisotopic (exact) mass is 398 g/mol. The molecule has 1 unspecified atom stereocenters. The Morgan fingerprint density at radius 3 is 2.50 bits per heavy atom. The second-order valence-electron chi connectivity index (χ2n) is 5.92. The first-order valence-corrected chi connectivity index (χ1v) is 9.48. The van der Waals surface area contributed by atoms with Gasteiger partial charge in [-0.1, -0.05) is 12.1 Å². The Bertz CT molecular complexity index is 978. The number of nitrogens with zero attached hydrogens (tertiary/aromatic N) is 1. The van der Waals surface area contributed by atoms with Gasteiger partial charge in [0.15, 0.2) is 11.1 Å². The van der Waals surface area contributed by atoms with Gasteiger partial charge in [-0.15, -0.1) is 0 Å². The van der Waals surface area contributed by atoms with E-state index in [0.717, 1.165) is 5.56 Å². The van der Waals surface area contributed by atoms with Crippen molar-refractivity contribution in [2.24, 2.45) is 0 Å². The van der Waals surface area contributed by atoms with Gasteiger partial charge in [-0.05, 0) is 53.6 Å². The van der Waals surface area contributed by atoms with Crippen molar-refractivity contribution in [2.45, 2.75) is 18.0 Å². The number of aromatic carboxylic acids is 1. The Balaban J connectivity index is 1.69. The van der Waals surface area contributed by atoms with E-state index in [2.05, 4.69) is 10.3 Å². The Morgan fingerprint density at radius 2 is 1.86 bits per heavy atom. The Hall–Kier alpha value is -3.07. The summed E-state index contributed by atoms with van der Waals surface area (Å²) in [5.41, 5.74) is 1.76. The quantitative estimate of drug-likeness (QED) is 0.499. The van der Waals surface area contributed by atoms with E-state index in [4.69, 9.17) is 9.84 Å². The van der Waals surface area contributed by atoms with Crippen LogP contribution in [0, 0.1) is 0 Å². The fourth-order valence-electron chi connectivity index (χ4n) is 2.58. The molecule has 28 heavy (non-hydrogen) atoms. The highest BCUT2D eigenvalue weighted by Crippen LogP contribution is 2.25. The van der Waals surface area contributed by atoms with Crippen molar-refractivity contribution in [3.05, 3.63) is 83.7 Å². The van der Waals surface area contributed by atoms with Crippen LogP contribution in [0.4, 0.5) is 0 Å². The molecule has 3 N–H and O–H groups in total. The SMILES string of the molecule is O=C(O)c1ccc(CNCc2cc(Oc3cccnc3)ccc2S(=O)O)cc1. The van der Waals surface area contributed by atoms with Gasteiger partial charge in [0.05, 0.1) is 16.7 Å². The standard InChI is InChI=1S/C20H18N2O5S/c23-20(24)15-5-3-14(4-6-15)11-22-12-16-10-17(7-8-19(16)28(25)26)27-18-2-1-9-21-13-18/h1-10,13,22H,11-12H2,(H,23,24)(H,25,26). The largest absolute Gasteiger partial charge is 0.478 e. The molecular formula is C20H18N2O5S. The van der Waals surface area contributed by atoms with Crippen LogP contribution in [0.1, 0.15) is 21.5 Å². The maximum Gasteiger partial charge on any atom is 0.335 e. The summed E-state index contributed by atoms with van der Waals surface area (Å²) in [4.78, 5) is 15.2. The lowest BCUT2D eigenvalue weighted by Crippen LogP contribution is -2.14. The molecule has 0 fully saturated rings. The van der Waals surface area contributed by atoms with Crippen molar-refractivity contribution >= 4 is 17.0 Å². The van der Waals surface area contributed by atoms with Gasteiger partial charge in [-0.3, -0.25) is 4.98 Å². The van der Waals surface area contributed by atoms with E-state index in [0.29, 0.717) is 35.0 Å². The molecule has 8 heteroatoms. The summed E-state index contributed by atoms with van der Waals surface area (Å²) in [5, 5.41) is 12.1. The maximum atomic E-state index is 11.6. The molecule has 7 nitrogen and oxygen atoms in total. The van der Waals surface area contributed by atoms with E-state index in [1.54, 1.807) is 54.9 Å². The number of carboxylic acid groups (broad SMARTS) is 1. The summed E-state index contributed by atoms with van der Waals surface area (Å²) < 4.78 is 26.9. The van der Waals surface area contributed by atoms with E-state index in [-0.39, 0.29) is 5.56 Å². The van der Waals surface area contributed by atoms with Crippen LogP contribution in [0.25, 0.3) is 0 Å². The number of benzene rings is 2. The third kappa shape index (κ3) is 5.23. The van der Waals surface area contributed by atoms with Crippen LogP contribution < -0.4 is 10.1 Å². The fourth-order valence-corrected chi connectivity index (χ4v) is 3.12. The van der Waals surface area contributed by atoms with Crippen LogP contribution in [0.2, 0.25) is 0 Å². The van der Waals surface area contributed by atoms with Crippen molar-refractivity contribution in [3.8, 4) is 11.5 Å². The number of aromatic nitrogens is 1. The van der Waals surface area contributed by atoms with Crippen LogP contribution in [0.15, 0.2) is 71.9 Å². The Labute approximate surface area is 164 Å². The minimum Gasteiger partial charge on any atom is -0.478 e. The molecule has 3 rings (SSSR count). The number of carbonyl (C=O) groups is 1. The highest BCUT2D eigenvalue weighted by Gasteiger charge is 2.10. The van der Waals surface area contributed by atoms with Gasteiger partial charge >= 0.3 is 5.97 Å². The van der Waals surface area contributed by atoms with Crippen LogP contribution in [0.5, 0.6) is 11.5 Å². The van der Waals surface area contributed by atoms with Crippen LogP contribution in [-0.2, 0) is 24.2 Å². The molecule has 1 atom stereocenters. The van der Waals surface area contributed by atoms with E-state index in [1.807, 2.05) is 0 Å². The summed E-state index contributed by atoms with van der Waals surface area (Å²) in [5.74, 6) is 0.127. The summed E-state index contributed by atoms with van der Waals surface area (Å²) in [7, 11) is 0. The molecule has 2 aromatic carbocycles. The number of pyridine rings is 1. The van der Waals surface area contributed by atoms with Crippen molar-refractivity contribution in [2.75, 3.05) is 0 Å². The number of hydrogen-bond donors (Lipinski definition) is 3. The zero-order valence-electron chi connectivity index (χ0n) is 14.7. The van der Waals surface area contributed by atoms with Crippen LogP contribution in [0.3, 0.4) is 0 Å². The topological polar surface area (TPSA) is 109 Å². The Morgan fingerprint density at radius 1 is 1.07 bits per heavy atom. The molecule has 0 saturated carbocycles. The molecule has 0 bridgehead atoms. The molecule has 0 spiro atoms. The van der Waals surface area contributed by atoms with Crippen molar-refractivity contribution < 1.29 is 23.4 Å². The van der Waals surface area contributed by atoms with Gasteiger partial charge in [-0.2, -0.15) is 0 Å². The maximum absolute atomic E-state index is 11.6. The molecular weight excluding hydrogens is 380 g/mol. The zero-order chi connectivity index (χ0) is 19.9. The number of nitrogens with one attached hydrogen (secondary N) is 1. The molecule has 0 aliphatic heterocycles. The van der Waals surface area contributed by atoms with E-state index < -0.39 is 17.0 Å². The molecule has 1 heterocycles. The molecule has 1 aromatic heterocycles. The third-order valence-electron chi connectivity index (χ3n) is 3.94. The predicted molar refractivity (Wildman–Crippen MR) is 104 cm³/mol. The molecule has 0 saturated heterocycles. The highest BCUT2D eigenvalue weighted by atomic mass is 32.2. The van der Waals surface area contributed by atoms with Crippen LogP contribution >= 0.6 is 0 Å². The number of ether oxygens (including phenoxy) is 1. The van der Waals surface area contributed by atoms with Gasteiger partial charge in [0.2, 0.25) is 0 Å². The summed E-state index contributed by atoms with van der Waals surface area (Å²) >= 11 is -2.12. The minimum absolute atomic E-state index is 0.224. The lowest BCUT2D eigenvalue weighted by Gasteiger charge is -2.12. The smallest absolute Gasteiger partial charge is 0.335 e. The Kier molecular flexibility index (Phi) is 6.49. The number of carboxylic acids is 1. The first-order valence-electron chi connectivity index (χ1n) is 8.37. The number of rotatable bonds is 8. The summed E-state index contributed by atoms with van der Waals surface area (Å²) in [6, 6.07) is 14.9. The van der Waals surface area contributed by atoms with Crippen molar-refractivity contribution in [1.82, 2.24) is 10.3 Å². The average molecular weight is 398 g/mol. The lowest BCUT2D eigenvalue weighted by atomic mass is 10.1. The van der Waals surface area contributed by atoms with E-state index in [9.17, 15) is 13.6 Å². The van der Waals surface area contributed by atoms with Gasteiger partial charge in [0.25, 0.3) is 0 Å². The zero-order valence-corrected chi connectivity index (χ0v) is 15.6. The molecule has 0 aliphatic rings. The highest BCUT2D eigenvalue weighted by molar-refractivity contribution is 7.79. The summed E-state index contributed by atoms with van der Waals surface area (Å²) in [6.45, 7) is 0.817. The average Bonchev–Trinajstić information content (AvgIpc) is 2.69. The van der Waals surface area contributed by atoms with E-state index >= 15 is 0 Å². The van der Waals surface area contributed by atoms with E-state index in [1.165, 1.54) is 12.1 Å². The van der Waals surface area contributed by atoms with Crippen molar-refractivity contribution in [3.63, 3.8) is 0 Å². The number of hydrogen-bond acceptors (Lipinski definition) is 5. The predicted octanol–water partition coefficient (Wildman–Crippen LogP) is 3.44. The molecule has 0 radical (unpaired) electrons. The summed E-state index contributed by atoms with van der Waals surface area (Å²) in [6.07, 6.45) is 3.22. The van der Waals surface area contributed by atoms with Crippen molar-refractivity contribution in [1.29, 1.82) is 0 Å². The van der Waals surface area contributed by atoms with Gasteiger partial charge in [0.1, 0.15) is 11.5 Å². The molecule has 144 valence electrons.